The molecule has 10 heteroatoms. The van der Waals surface area contributed by atoms with Crippen molar-refractivity contribution < 1.29 is 19.1 Å². The molecule has 3 heterocycles. The van der Waals surface area contributed by atoms with Gasteiger partial charge in [-0.05, 0) is 13.8 Å². The molecule has 2 aromatic heterocycles. The Morgan fingerprint density at radius 1 is 0.731 bits per heavy atom. The maximum absolute atomic E-state index is 12.4. The third-order valence-electron chi connectivity index (χ3n) is 4.21. The van der Waals surface area contributed by atoms with E-state index in [0.29, 0.717) is 34.0 Å². The maximum atomic E-state index is 12.4. The zero-order chi connectivity index (χ0) is 18.8. The molecule has 0 aromatic carbocycles. The molecule has 0 N–H and O–H groups in total. The quantitative estimate of drug-likeness (QED) is 0.480. The van der Waals surface area contributed by atoms with Crippen LogP contribution < -0.4 is 11.1 Å². The van der Waals surface area contributed by atoms with Crippen LogP contribution >= 0.6 is 21.6 Å². The highest BCUT2D eigenvalue weighted by molar-refractivity contribution is 8.76. The van der Waals surface area contributed by atoms with Gasteiger partial charge in [-0.25, -0.2) is 4.52 Å². The minimum absolute atomic E-state index is 0.122. The van der Waals surface area contributed by atoms with Gasteiger partial charge in [-0.1, -0.05) is 21.6 Å². The van der Waals surface area contributed by atoms with Crippen LogP contribution in [0.15, 0.2) is 9.59 Å². The molecule has 0 fully saturated rings. The molecule has 1 aliphatic heterocycles. The predicted molar refractivity (Wildman–Crippen MR) is 97.8 cm³/mol. The lowest BCUT2D eigenvalue weighted by atomic mass is 10.2. The van der Waals surface area contributed by atoms with Crippen LogP contribution in [0.4, 0.5) is 0 Å². The van der Waals surface area contributed by atoms with E-state index in [1.807, 2.05) is 0 Å². The first kappa shape index (κ1) is 18.8. The summed E-state index contributed by atoms with van der Waals surface area (Å²) in [6, 6.07) is 0. The van der Waals surface area contributed by atoms with Crippen molar-refractivity contribution in [1.82, 2.24) is 9.03 Å². The third-order valence-corrected chi connectivity index (χ3v) is 6.61. The van der Waals surface area contributed by atoms with Gasteiger partial charge in [0.05, 0.1) is 24.2 Å². The van der Waals surface area contributed by atoms with E-state index in [2.05, 4.69) is 0 Å². The highest BCUT2D eigenvalue weighted by Gasteiger charge is 2.24. The Bertz CT molecular complexity index is 891. The second kappa shape index (κ2) is 7.75. The fourth-order valence-electron chi connectivity index (χ4n) is 2.71. The second-order valence-electron chi connectivity index (χ2n) is 5.84. The van der Waals surface area contributed by atoms with Crippen LogP contribution in [-0.4, -0.2) is 32.5 Å². The van der Waals surface area contributed by atoms with Crippen LogP contribution in [-0.2, 0) is 32.3 Å². The van der Waals surface area contributed by atoms with Crippen molar-refractivity contribution in [2.45, 2.75) is 39.9 Å². The first-order valence-electron chi connectivity index (χ1n) is 8.05. The summed E-state index contributed by atoms with van der Waals surface area (Å²) in [6.45, 7) is 2.92. The van der Waals surface area contributed by atoms with Gasteiger partial charge in [0.1, 0.15) is 13.2 Å². The summed E-state index contributed by atoms with van der Waals surface area (Å²) in [7, 11) is 2.99. The lowest BCUT2D eigenvalue weighted by Crippen LogP contribution is -2.23. The summed E-state index contributed by atoms with van der Waals surface area (Å²) in [5.41, 5.74) is 0.561. The first-order valence-corrected chi connectivity index (χ1v) is 10.5. The lowest BCUT2D eigenvalue weighted by Gasteiger charge is -2.08. The Morgan fingerprint density at radius 3 is 1.58 bits per heavy atom. The molecule has 0 unspecified atom stereocenters. The Hall–Kier alpha value is -1.94. The highest BCUT2D eigenvalue weighted by atomic mass is 33.1. The predicted octanol–water partition coefficient (Wildman–Crippen LogP) is 1.08. The molecule has 140 valence electrons. The summed E-state index contributed by atoms with van der Waals surface area (Å²) in [6.07, 6.45) is 0.458. The van der Waals surface area contributed by atoms with Crippen molar-refractivity contribution in [3.05, 3.63) is 43.2 Å². The Labute approximate surface area is 156 Å². The summed E-state index contributed by atoms with van der Waals surface area (Å²) < 4.78 is 13.0. The number of cyclic esters (lactones) is 2. The Morgan fingerprint density at radius 2 is 1.15 bits per heavy atom. The number of hydrogen-bond acceptors (Lipinski definition) is 8. The molecule has 0 atom stereocenters. The Kier molecular flexibility index (Phi) is 5.61. The molecule has 0 aliphatic carbocycles. The number of hydrogen-bond donors (Lipinski definition) is 0. The molecular weight excluding hydrogens is 380 g/mol. The van der Waals surface area contributed by atoms with Gasteiger partial charge in [0.2, 0.25) is 0 Å². The number of esters is 2. The summed E-state index contributed by atoms with van der Waals surface area (Å²) in [4.78, 5) is 48.7. The summed E-state index contributed by atoms with van der Waals surface area (Å²) >= 11 is 0. The zero-order valence-corrected chi connectivity index (χ0v) is 16.0. The van der Waals surface area contributed by atoms with E-state index < -0.39 is 11.1 Å². The molecule has 0 bridgehead atoms. The minimum Gasteiger partial charge on any atom is -0.459 e. The molecule has 0 saturated heterocycles. The van der Waals surface area contributed by atoms with Crippen LogP contribution in [0.1, 0.15) is 35.4 Å². The molecule has 0 spiro atoms. The van der Waals surface area contributed by atoms with Gasteiger partial charge in [0.15, 0.2) is 0 Å². The molecule has 0 radical (unpaired) electrons. The van der Waals surface area contributed by atoms with Gasteiger partial charge < -0.3 is 9.47 Å². The van der Waals surface area contributed by atoms with Gasteiger partial charge in [-0.2, -0.15) is 4.52 Å². The van der Waals surface area contributed by atoms with E-state index >= 15 is 0 Å². The van der Waals surface area contributed by atoms with Gasteiger partial charge in [0, 0.05) is 22.6 Å². The number of carbonyl (C=O) groups excluding carboxylic acids is 2. The van der Waals surface area contributed by atoms with E-state index in [-0.39, 0.29) is 38.0 Å². The van der Waals surface area contributed by atoms with Gasteiger partial charge in [-0.3, -0.25) is 19.2 Å². The second-order valence-corrected chi connectivity index (χ2v) is 8.54. The summed E-state index contributed by atoms with van der Waals surface area (Å²) in [5.74, 6) is 0.376. The topological polar surface area (TPSA) is 95.6 Å². The van der Waals surface area contributed by atoms with Crippen LogP contribution in [0.2, 0.25) is 0 Å². The van der Waals surface area contributed by atoms with Crippen LogP contribution in [0.3, 0.4) is 0 Å². The molecule has 0 amide bonds. The van der Waals surface area contributed by atoms with E-state index in [0.717, 1.165) is 4.52 Å². The highest BCUT2D eigenvalue weighted by Crippen LogP contribution is 2.23. The van der Waals surface area contributed by atoms with Crippen molar-refractivity contribution in [2.24, 2.45) is 0 Å². The van der Waals surface area contributed by atoms with Crippen molar-refractivity contribution in [1.29, 1.82) is 0 Å². The molecule has 1 aliphatic rings. The van der Waals surface area contributed by atoms with Crippen LogP contribution in [0, 0.1) is 13.8 Å². The van der Waals surface area contributed by atoms with Gasteiger partial charge in [-0.15, -0.1) is 0 Å². The van der Waals surface area contributed by atoms with Crippen LogP contribution in [0.5, 0.6) is 0 Å². The number of nitrogens with zero attached hydrogens (tertiary/aromatic N) is 2. The standard InChI is InChI=1S/C16H18N2O6S2/c1-9-11-7-23-13(19)3-5-25-26-6-4-14(20)24-8-12-10(2)16(22)18(15(9)21)17(11)12/h3-8H2,1-2H3. The monoisotopic (exact) mass is 398 g/mol. The van der Waals surface area contributed by atoms with Crippen molar-refractivity contribution in [2.75, 3.05) is 11.5 Å². The van der Waals surface area contributed by atoms with E-state index in [9.17, 15) is 19.2 Å². The molecule has 2 aromatic rings. The van der Waals surface area contributed by atoms with E-state index in [1.165, 1.54) is 26.1 Å². The van der Waals surface area contributed by atoms with Crippen molar-refractivity contribution in [3.8, 4) is 0 Å². The molecule has 26 heavy (non-hydrogen) atoms. The van der Waals surface area contributed by atoms with E-state index in [4.69, 9.17) is 9.47 Å². The third kappa shape index (κ3) is 3.48. The average molecular weight is 398 g/mol. The number of ether oxygens (including phenoxy) is 2. The van der Waals surface area contributed by atoms with Crippen molar-refractivity contribution >= 4 is 33.5 Å². The number of carbonyl (C=O) groups is 2. The largest absolute Gasteiger partial charge is 0.459 e. The fraction of sp³-hybridized carbons (Fsp3) is 0.500. The van der Waals surface area contributed by atoms with Gasteiger partial charge >= 0.3 is 11.9 Å². The van der Waals surface area contributed by atoms with Crippen LogP contribution in [0.25, 0.3) is 0 Å². The lowest BCUT2D eigenvalue weighted by molar-refractivity contribution is -0.145. The normalized spacial score (nSPS) is 17.5. The minimum atomic E-state index is -0.463. The number of rotatable bonds is 0. The maximum Gasteiger partial charge on any atom is 0.307 e. The first-order chi connectivity index (χ1) is 12.4. The SMILES string of the molecule is Cc1c2n3c(c(C)c(=O)n3c1=O)COC(=O)CCSSCCC(=O)OC2. The Balaban J connectivity index is 2.06. The zero-order valence-electron chi connectivity index (χ0n) is 14.4. The molecule has 0 saturated carbocycles. The number of aromatic nitrogens is 2. The van der Waals surface area contributed by atoms with Gasteiger partial charge in [0.25, 0.3) is 11.1 Å². The molecule has 8 nitrogen and oxygen atoms in total. The van der Waals surface area contributed by atoms with E-state index in [1.54, 1.807) is 13.8 Å². The summed E-state index contributed by atoms with van der Waals surface area (Å²) in [5, 5.41) is 0. The smallest absolute Gasteiger partial charge is 0.307 e. The fourth-order valence-corrected chi connectivity index (χ4v) is 4.65. The average Bonchev–Trinajstić information content (AvgIpc) is 2.99. The van der Waals surface area contributed by atoms with Crippen molar-refractivity contribution in [3.63, 3.8) is 0 Å². The molecular formula is C16H18N2O6S2. The molecule has 3 rings (SSSR count).